The molecule has 1 saturated carbocycles. The van der Waals surface area contributed by atoms with Gasteiger partial charge in [-0.25, -0.2) is 0 Å². The maximum Gasteiger partial charge on any atom is 0.0713 e. The second-order valence-electron chi connectivity index (χ2n) is 3.65. The fourth-order valence-electron chi connectivity index (χ4n) is 2.34. The van der Waals surface area contributed by atoms with Crippen LogP contribution in [0.1, 0.15) is 26.2 Å². The van der Waals surface area contributed by atoms with Crippen molar-refractivity contribution in [3.05, 3.63) is 12.2 Å². The van der Waals surface area contributed by atoms with Crippen molar-refractivity contribution in [1.29, 1.82) is 0 Å². The molecule has 1 nitrogen and oxygen atoms in total. The van der Waals surface area contributed by atoms with E-state index in [1.165, 1.54) is 6.42 Å². The van der Waals surface area contributed by atoms with Crippen LogP contribution in [0.5, 0.6) is 0 Å². The third kappa shape index (κ3) is 0.671. The van der Waals surface area contributed by atoms with Crippen LogP contribution < -0.4 is 0 Å². The summed E-state index contributed by atoms with van der Waals surface area (Å²) in [4.78, 5) is 0. The minimum Gasteiger partial charge on any atom is -0.389 e. The molecule has 2 aliphatic rings. The average molecular weight is 138 g/mol. The largest absolute Gasteiger partial charge is 0.389 e. The predicted octanol–water partition coefficient (Wildman–Crippen LogP) is 1.72. The van der Waals surface area contributed by atoms with Gasteiger partial charge in [0, 0.05) is 5.92 Å². The molecule has 2 rings (SSSR count). The van der Waals surface area contributed by atoms with Gasteiger partial charge < -0.3 is 5.11 Å². The van der Waals surface area contributed by atoms with Crippen molar-refractivity contribution in [2.75, 3.05) is 0 Å². The zero-order valence-corrected chi connectivity index (χ0v) is 6.38. The van der Waals surface area contributed by atoms with Crippen molar-refractivity contribution in [3.8, 4) is 0 Å². The summed E-state index contributed by atoms with van der Waals surface area (Å²) in [6.07, 6.45) is 7.57. The Labute approximate surface area is 61.8 Å². The van der Waals surface area contributed by atoms with Crippen molar-refractivity contribution in [2.45, 2.75) is 31.8 Å². The highest BCUT2D eigenvalue weighted by atomic mass is 16.3. The Morgan fingerprint density at radius 3 is 2.70 bits per heavy atom. The summed E-state index contributed by atoms with van der Waals surface area (Å²) < 4.78 is 0. The number of allylic oxidation sites excluding steroid dienone is 1. The lowest BCUT2D eigenvalue weighted by Gasteiger charge is -2.28. The van der Waals surface area contributed by atoms with Gasteiger partial charge in [0.25, 0.3) is 0 Å². The van der Waals surface area contributed by atoms with Gasteiger partial charge in [-0.2, -0.15) is 0 Å². The molecule has 0 amide bonds. The minimum absolute atomic E-state index is 0.334. The number of hydrogen-bond donors (Lipinski definition) is 1. The molecule has 3 unspecified atom stereocenters. The molecular weight excluding hydrogens is 124 g/mol. The Hall–Kier alpha value is -0.300. The van der Waals surface area contributed by atoms with Gasteiger partial charge in [-0.1, -0.05) is 19.1 Å². The summed E-state index contributed by atoms with van der Waals surface area (Å²) >= 11 is 0. The second-order valence-corrected chi connectivity index (χ2v) is 3.65. The van der Waals surface area contributed by atoms with E-state index in [2.05, 4.69) is 19.1 Å². The standard InChI is InChI=1S/C9H14O/c1-2-9(10)6-7-3-4-8(9)5-7/h3-4,7-8,10H,2,5-6H2,1H3. The van der Waals surface area contributed by atoms with Crippen LogP contribution in [0.3, 0.4) is 0 Å². The van der Waals surface area contributed by atoms with E-state index >= 15 is 0 Å². The summed E-state index contributed by atoms with van der Waals surface area (Å²) in [5.41, 5.74) is -0.334. The fourth-order valence-corrected chi connectivity index (χ4v) is 2.34. The van der Waals surface area contributed by atoms with E-state index in [4.69, 9.17) is 0 Å². The molecule has 1 heteroatoms. The van der Waals surface area contributed by atoms with Gasteiger partial charge in [0.1, 0.15) is 0 Å². The zero-order chi connectivity index (χ0) is 7.19. The number of aliphatic hydroxyl groups is 1. The molecule has 2 aliphatic carbocycles. The van der Waals surface area contributed by atoms with Crippen LogP contribution in [0.4, 0.5) is 0 Å². The van der Waals surface area contributed by atoms with Crippen LogP contribution in [0, 0.1) is 11.8 Å². The molecule has 0 radical (unpaired) electrons. The van der Waals surface area contributed by atoms with E-state index in [0.717, 1.165) is 12.8 Å². The normalized spacial score (nSPS) is 50.6. The molecule has 10 heavy (non-hydrogen) atoms. The van der Waals surface area contributed by atoms with Gasteiger partial charge in [-0.15, -0.1) is 0 Å². The highest BCUT2D eigenvalue weighted by molar-refractivity contribution is 5.16. The number of hydrogen-bond acceptors (Lipinski definition) is 1. The van der Waals surface area contributed by atoms with E-state index in [-0.39, 0.29) is 5.60 Å². The first-order chi connectivity index (χ1) is 4.74. The molecule has 0 aromatic rings. The topological polar surface area (TPSA) is 20.2 Å². The van der Waals surface area contributed by atoms with Crippen LogP contribution >= 0.6 is 0 Å². The molecule has 0 aliphatic heterocycles. The molecule has 0 heterocycles. The maximum atomic E-state index is 9.94. The smallest absolute Gasteiger partial charge is 0.0713 e. The van der Waals surface area contributed by atoms with Gasteiger partial charge in [-0.3, -0.25) is 0 Å². The monoisotopic (exact) mass is 138 g/mol. The first-order valence-corrected chi connectivity index (χ1v) is 4.15. The summed E-state index contributed by atoms with van der Waals surface area (Å²) in [7, 11) is 0. The minimum atomic E-state index is -0.334. The molecule has 0 spiro atoms. The Morgan fingerprint density at radius 1 is 1.60 bits per heavy atom. The van der Waals surface area contributed by atoms with E-state index < -0.39 is 0 Å². The fraction of sp³-hybridized carbons (Fsp3) is 0.778. The Balaban J connectivity index is 2.22. The lowest BCUT2D eigenvalue weighted by atomic mass is 9.86. The van der Waals surface area contributed by atoms with Gasteiger partial charge in [0.05, 0.1) is 5.60 Å². The molecular formula is C9H14O. The molecule has 3 atom stereocenters. The van der Waals surface area contributed by atoms with Crippen molar-refractivity contribution < 1.29 is 5.11 Å². The lowest BCUT2D eigenvalue weighted by molar-refractivity contribution is 0.0112. The van der Waals surface area contributed by atoms with E-state index in [1.807, 2.05) is 0 Å². The van der Waals surface area contributed by atoms with Crippen molar-refractivity contribution in [3.63, 3.8) is 0 Å². The van der Waals surface area contributed by atoms with Crippen LogP contribution in [0.25, 0.3) is 0 Å². The third-order valence-electron chi connectivity index (χ3n) is 3.09. The van der Waals surface area contributed by atoms with Gasteiger partial charge >= 0.3 is 0 Å². The van der Waals surface area contributed by atoms with Crippen LogP contribution in [0.2, 0.25) is 0 Å². The Morgan fingerprint density at radius 2 is 2.40 bits per heavy atom. The summed E-state index contributed by atoms with van der Waals surface area (Å²) in [6, 6.07) is 0. The summed E-state index contributed by atoms with van der Waals surface area (Å²) in [5, 5.41) is 9.94. The molecule has 56 valence electrons. The van der Waals surface area contributed by atoms with E-state index in [0.29, 0.717) is 11.8 Å². The van der Waals surface area contributed by atoms with E-state index in [9.17, 15) is 5.11 Å². The van der Waals surface area contributed by atoms with Gasteiger partial charge in [0.15, 0.2) is 0 Å². The van der Waals surface area contributed by atoms with Crippen molar-refractivity contribution in [1.82, 2.24) is 0 Å². The highest BCUT2D eigenvalue weighted by Gasteiger charge is 2.45. The Kier molecular flexibility index (Phi) is 1.19. The van der Waals surface area contributed by atoms with Crippen molar-refractivity contribution >= 4 is 0 Å². The Bertz CT molecular complexity index is 174. The molecule has 0 aromatic heterocycles. The van der Waals surface area contributed by atoms with Crippen LogP contribution in [0.15, 0.2) is 12.2 Å². The van der Waals surface area contributed by atoms with Crippen LogP contribution in [-0.4, -0.2) is 10.7 Å². The third-order valence-corrected chi connectivity index (χ3v) is 3.09. The average Bonchev–Trinajstić information content (AvgIpc) is 2.46. The van der Waals surface area contributed by atoms with Gasteiger partial charge in [0.2, 0.25) is 0 Å². The summed E-state index contributed by atoms with van der Waals surface area (Å²) in [5.74, 6) is 1.16. The maximum absolute atomic E-state index is 9.94. The highest BCUT2D eigenvalue weighted by Crippen LogP contribution is 2.47. The molecule has 1 N–H and O–H groups in total. The summed E-state index contributed by atoms with van der Waals surface area (Å²) in [6.45, 7) is 2.08. The molecule has 1 fully saturated rings. The molecule has 0 aromatic carbocycles. The zero-order valence-electron chi connectivity index (χ0n) is 6.38. The first-order valence-electron chi connectivity index (χ1n) is 4.15. The van der Waals surface area contributed by atoms with Crippen molar-refractivity contribution in [2.24, 2.45) is 11.8 Å². The van der Waals surface area contributed by atoms with E-state index in [1.54, 1.807) is 0 Å². The first kappa shape index (κ1) is 6.41. The quantitative estimate of drug-likeness (QED) is 0.547. The molecule has 2 bridgehead atoms. The second kappa shape index (κ2) is 1.85. The SMILES string of the molecule is CCC1(O)CC2C=CC1C2. The number of fused-ring (bicyclic) bond motifs is 2. The van der Waals surface area contributed by atoms with Crippen LogP contribution in [-0.2, 0) is 0 Å². The number of rotatable bonds is 1. The lowest BCUT2D eigenvalue weighted by Crippen LogP contribution is -2.32. The predicted molar refractivity (Wildman–Crippen MR) is 40.6 cm³/mol. The van der Waals surface area contributed by atoms with Gasteiger partial charge in [-0.05, 0) is 25.2 Å². The molecule has 0 saturated heterocycles.